The zero-order chi connectivity index (χ0) is 22.7. The normalized spacial score (nSPS) is 15.7. The number of methoxy groups -OCH3 is 2. The van der Waals surface area contributed by atoms with E-state index in [1.165, 1.54) is 18.2 Å². The van der Waals surface area contributed by atoms with E-state index in [-0.39, 0.29) is 23.5 Å². The molecule has 4 rings (SSSR count). The van der Waals surface area contributed by atoms with E-state index in [4.69, 9.17) is 21.1 Å². The molecule has 3 aromatic carbocycles. The molecular weight excluding hydrogens is 431 g/mol. The van der Waals surface area contributed by atoms with Crippen LogP contribution < -0.4 is 14.8 Å². The number of hydrogen-bond acceptors (Lipinski definition) is 4. The number of nitrogens with zero attached hydrogens (tertiary/aromatic N) is 1. The van der Waals surface area contributed by atoms with Crippen molar-refractivity contribution in [1.82, 2.24) is 4.90 Å². The van der Waals surface area contributed by atoms with Crippen molar-refractivity contribution in [3.05, 3.63) is 88.2 Å². The van der Waals surface area contributed by atoms with Crippen molar-refractivity contribution in [2.75, 3.05) is 32.6 Å². The highest BCUT2D eigenvalue weighted by Gasteiger charge is 2.31. The van der Waals surface area contributed by atoms with Crippen molar-refractivity contribution in [2.24, 2.45) is 0 Å². The van der Waals surface area contributed by atoms with Crippen LogP contribution in [0.2, 0.25) is 5.02 Å². The molecule has 0 fully saturated rings. The monoisotopic (exact) mass is 454 g/mol. The Hall–Kier alpha value is -3.09. The van der Waals surface area contributed by atoms with E-state index in [0.29, 0.717) is 23.7 Å². The molecule has 0 aliphatic carbocycles. The Morgan fingerprint density at radius 3 is 2.50 bits per heavy atom. The van der Waals surface area contributed by atoms with Crippen molar-refractivity contribution in [1.29, 1.82) is 0 Å². The van der Waals surface area contributed by atoms with Gasteiger partial charge < -0.3 is 14.8 Å². The number of halogens is 2. The molecule has 1 atom stereocenters. The second-order valence-corrected chi connectivity index (χ2v) is 8.02. The first-order valence-electron chi connectivity index (χ1n) is 10.3. The van der Waals surface area contributed by atoms with Crippen molar-refractivity contribution < 1.29 is 18.7 Å². The number of carbonyl (C=O) groups is 1. The number of carbonyl (C=O) groups excluding carboxylic acids is 1. The second kappa shape index (κ2) is 9.59. The molecule has 1 aliphatic heterocycles. The lowest BCUT2D eigenvalue weighted by Gasteiger charge is -2.37. The topological polar surface area (TPSA) is 50.8 Å². The van der Waals surface area contributed by atoms with Gasteiger partial charge in [0.1, 0.15) is 5.82 Å². The van der Waals surface area contributed by atoms with E-state index in [2.05, 4.69) is 22.3 Å². The number of ether oxygens (including phenoxy) is 2. The maximum atomic E-state index is 13.3. The summed E-state index contributed by atoms with van der Waals surface area (Å²) in [5, 5.41) is 2.96. The molecule has 0 aromatic heterocycles. The highest BCUT2D eigenvalue weighted by molar-refractivity contribution is 6.33. The molecular formula is C25H24ClFN2O3. The molecule has 5 nitrogen and oxygen atoms in total. The Bertz CT molecular complexity index is 1120. The number of anilines is 1. The van der Waals surface area contributed by atoms with Crippen molar-refractivity contribution in [3.63, 3.8) is 0 Å². The van der Waals surface area contributed by atoms with Gasteiger partial charge in [0.05, 0.1) is 37.5 Å². The van der Waals surface area contributed by atoms with Crippen LogP contribution in [0.1, 0.15) is 22.7 Å². The van der Waals surface area contributed by atoms with Crippen LogP contribution in [0.3, 0.4) is 0 Å². The lowest BCUT2D eigenvalue weighted by molar-refractivity contribution is -0.117. The molecule has 1 heterocycles. The van der Waals surface area contributed by atoms with E-state index >= 15 is 0 Å². The van der Waals surface area contributed by atoms with Gasteiger partial charge in [-0.25, -0.2) is 4.39 Å². The highest BCUT2D eigenvalue weighted by atomic mass is 35.5. The average Bonchev–Trinajstić information content (AvgIpc) is 2.80. The van der Waals surface area contributed by atoms with Crippen LogP contribution in [0.15, 0.2) is 60.7 Å². The Morgan fingerprint density at radius 1 is 1.09 bits per heavy atom. The van der Waals surface area contributed by atoms with Crippen molar-refractivity contribution in [3.8, 4) is 11.5 Å². The predicted octanol–water partition coefficient (Wildman–Crippen LogP) is 5.08. The van der Waals surface area contributed by atoms with Crippen LogP contribution in [-0.2, 0) is 11.2 Å². The van der Waals surface area contributed by atoms with Gasteiger partial charge in [-0.2, -0.15) is 0 Å². The number of amides is 1. The summed E-state index contributed by atoms with van der Waals surface area (Å²) in [6.45, 7) is 0.841. The highest BCUT2D eigenvalue weighted by Crippen LogP contribution is 2.40. The molecule has 0 saturated carbocycles. The minimum absolute atomic E-state index is 0.130. The SMILES string of the molecule is COc1cc2c(cc1OC)[C@@H](c1ccccc1)N(CC(=O)Nc1ccc(F)cc1Cl)CC2. The van der Waals surface area contributed by atoms with E-state index in [1.807, 2.05) is 30.3 Å². The average molecular weight is 455 g/mol. The van der Waals surface area contributed by atoms with Gasteiger partial charge in [0.2, 0.25) is 5.91 Å². The fraction of sp³-hybridized carbons (Fsp3) is 0.240. The van der Waals surface area contributed by atoms with E-state index in [9.17, 15) is 9.18 Å². The van der Waals surface area contributed by atoms with Gasteiger partial charge in [-0.1, -0.05) is 41.9 Å². The first-order valence-corrected chi connectivity index (χ1v) is 10.7. The largest absolute Gasteiger partial charge is 0.493 e. The first-order chi connectivity index (χ1) is 15.5. The van der Waals surface area contributed by atoms with Crippen LogP contribution in [0, 0.1) is 5.82 Å². The molecule has 0 bridgehead atoms. The Balaban J connectivity index is 1.65. The maximum Gasteiger partial charge on any atom is 0.238 e. The molecule has 32 heavy (non-hydrogen) atoms. The number of hydrogen-bond donors (Lipinski definition) is 1. The van der Waals surface area contributed by atoms with E-state index in [1.54, 1.807) is 14.2 Å². The molecule has 0 saturated heterocycles. The molecule has 1 aliphatic rings. The van der Waals surface area contributed by atoms with Crippen LogP contribution in [0.25, 0.3) is 0 Å². The summed E-state index contributed by atoms with van der Waals surface area (Å²) in [7, 11) is 3.24. The van der Waals surface area contributed by atoms with Gasteiger partial charge in [0.15, 0.2) is 11.5 Å². The molecule has 7 heteroatoms. The standard InChI is InChI=1S/C25H24ClFN2O3/c1-31-22-12-17-10-11-29(15-24(30)28-21-9-8-18(27)13-20(21)26)25(16-6-4-3-5-7-16)19(17)14-23(22)32-2/h3-9,12-14,25H,10-11,15H2,1-2H3,(H,28,30)/t25-/m1/s1. The van der Waals surface area contributed by atoms with Gasteiger partial charge in [0.25, 0.3) is 0 Å². The summed E-state index contributed by atoms with van der Waals surface area (Å²) in [5.74, 6) is 0.671. The molecule has 0 radical (unpaired) electrons. The van der Waals surface area contributed by atoms with Gasteiger partial charge in [-0.05, 0) is 53.4 Å². The Kier molecular flexibility index (Phi) is 6.63. The summed E-state index contributed by atoms with van der Waals surface area (Å²) < 4.78 is 24.3. The molecule has 0 spiro atoms. The number of nitrogens with one attached hydrogen (secondary N) is 1. The van der Waals surface area contributed by atoms with Crippen molar-refractivity contribution in [2.45, 2.75) is 12.5 Å². The molecule has 166 valence electrons. The summed E-state index contributed by atoms with van der Waals surface area (Å²) in [4.78, 5) is 15.0. The fourth-order valence-electron chi connectivity index (χ4n) is 4.16. The third-order valence-corrected chi connectivity index (χ3v) is 5.95. The minimum atomic E-state index is -0.450. The summed E-state index contributed by atoms with van der Waals surface area (Å²) in [6.07, 6.45) is 0.767. The van der Waals surface area contributed by atoms with Gasteiger partial charge in [-0.3, -0.25) is 9.69 Å². The Labute approximate surface area is 191 Å². The van der Waals surface area contributed by atoms with Crippen LogP contribution in [-0.4, -0.2) is 38.1 Å². The fourth-order valence-corrected chi connectivity index (χ4v) is 4.37. The predicted molar refractivity (Wildman–Crippen MR) is 123 cm³/mol. The van der Waals surface area contributed by atoms with Gasteiger partial charge >= 0.3 is 0 Å². The molecule has 0 unspecified atom stereocenters. The first kappa shape index (κ1) is 22.1. The minimum Gasteiger partial charge on any atom is -0.493 e. The van der Waals surface area contributed by atoms with Crippen LogP contribution in [0.4, 0.5) is 10.1 Å². The summed E-state index contributed by atoms with van der Waals surface area (Å²) in [5.41, 5.74) is 3.70. The summed E-state index contributed by atoms with van der Waals surface area (Å²) >= 11 is 6.08. The van der Waals surface area contributed by atoms with E-state index in [0.717, 1.165) is 23.1 Å². The lowest BCUT2D eigenvalue weighted by Crippen LogP contribution is -2.41. The lowest BCUT2D eigenvalue weighted by atomic mass is 9.87. The zero-order valence-electron chi connectivity index (χ0n) is 17.9. The molecule has 3 aromatic rings. The smallest absolute Gasteiger partial charge is 0.238 e. The second-order valence-electron chi connectivity index (χ2n) is 7.61. The maximum absolute atomic E-state index is 13.3. The number of rotatable bonds is 6. The molecule has 1 amide bonds. The van der Waals surface area contributed by atoms with Gasteiger partial charge in [0, 0.05) is 6.54 Å². The zero-order valence-corrected chi connectivity index (χ0v) is 18.7. The third-order valence-electron chi connectivity index (χ3n) is 5.64. The molecule has 1 N–H and O–H groups in total. The van der Waals surface area contributed by atoms with Crippen LogP contribution in [0.5, 0.6) is 11.5 Å². The number of fused-ring (bicyclic) bond motifs is 1. The van der Waals surface area contributed by atoms with E-state index < -0.39 is 5.82 Å². The van der Waals surface area contributed by atoms with Crippen molar-refractivity contribution >= 4 is 23.2 Å². The number of benzene rings is 3. The van der Waals surface area contributed by atoms with Gasteiger partial charge in [-0.15, -0.1) is 0 Å². The third kappa shape index (κ3) is 4.56. The van der Waals surface area contributed by atoms with Crippen LogP contribution >= 0.6 is 11.6 Å². The quantitative estimate of drug-likeness (QED) is 0.564. The Morgan fingerprint density at radius 2 is 1.81 bits per heavy atom. The summed E-state index contributed by atoms with van der Waals surface area (Å²) in [6, 6.07) is 17.8.